The number of carbonyl (C=O) groups excluding carboxylic acids is 2. The molecule has 6 nitrogen and oxygen atoms in total. The molecule has 1 aromatic heterocycles. The van der Waals surface area contributed by atoms with Crippen LogP contribution in [0.3, 0.4) is 0 Å². The van der Waals surface area contributed by atoms with Gasteiger partial charge in [0.25, 0.3) is 11.5 Å². The number of H-pyrrole nitrogens is 1. The number of anilines is 1. The molecular weight excluding hydrogens is 386 g/mol. The Bertz CT molecular complexity index is 903. The zero-order chi connectivity index (χ0) is 18.7. The predicted octanol–water partition coefficient (Wildman–Crippen LogP) is 2.95. The van der Waals surface area contributed by atoms with Gasteiger partial charge in [-0.25, -0.2) is 0 Å². The molecule has 2 rings (SSSR count). The molecule has 7 heteroatoms. The van der Waals surface area contributed by atoms with Gasteiger partial charge < -0.3 is 15.6 Å². The van der Waals surface area contributed by atoms with Gasteiger partial charge in [-0.2, -0.15) is 0 Å². The number of amides is 2. The molecule has 2 amide bonds. The van der Waals surface area contributed by atoms with Crippen LogP contribution in [0.1, 0.15) is 39.7 Å². The molecule has 0 fully saturated rings. The first kappa shape index (κ1) is 18.9. The maximum absolute atomic E-state index is 12.6. The average molecular weight is 406 g/mol. The number of nitrogens with one attached hydrogen (secondary N) is 3. The zero-order valence-electron chi connectivity index (χ0n) is 14.5. The number of aromatic amines is 1. The second kappa shape index (κ2) is 7.65. The SMILES string of the molecule is CC(=O)Nc1cc(Br)cc(C(=O)NCc2c(C)cc(C)[nH]c2=O)c1C. The van der Waals surface area contributed by atoms with Gasteiger partial charge in [0.2, 0.25) is 5.91 Å². The minimum Gasteiger partial charge on any atom is -0.348 e. The highest BCUT2D eigenvalue weighted by Crippen LogP contribution is 2.25. The molecule has 0 spiro atoms. The number of aryl methyl sites for hydroxylation is 2. The number of benzene rings is 1. The fourth-order valence-corrected chi connectivity index (χ4v) is 3.06. The van der Waals surface area contributed by atoms with E-state index >= 15 is 0 Å². The van der Waals surface area contributed by atoms with Crippen LogP contribution in [0.15, 0.2) is 27.5 Å². The molecular formula is C18H20BrN3O3. The van der Waals surface area contributed by atoms with Crippen molar-refractivity contribution in [1.82, 2.24) is 10.3 Å². The van der Waals surface area contributed by atoms with Gasteiger partial charge >= 0.3 is 0 Å². The fourth-order valence-electron chi connectivity index (χ4n) is 2.60. The van der Waals surface area contributed by atoms with Crippen LogP contribution in [0.4, 0.5) is 5.69 Å². The lowest BCUT2D eigenvalue weighted by atomic mass is 10.1. The van der Waals surface area contributed by atoms with Crippen molar-refractivity contribution in [3.8, 4) is 0 Å². The van der Waals surface area contributed by atoms with Gasteiger partial charge in [-0.15, -0.1) is 0 Å². The van der Waals surface area contributed by atoms with Crippen molar-refractivity contribution in [3.63, 3.8) is 0 Å². The van der Waals surface area contributed by atoms with Gasteiger partial charge in [-0.3, -0.25) is 14.4 Å². The van der Waals surface area contributed by atoms with Crippen LogP contribution in [0.5, 0.6) is 0 Å². The molecule has 3 N–H and O–H groups in total. The van der Waals surface area contributed by atoms with Crippen LogP contribution in [0.2, 0.25) is 0 Å². The Labute approximate surface area is 154 Å². The molecule has 0 aliphatic carbocycles. The van der Waals surface area contributed by atoms with E-state index in [1.807, 2.05) is 19.9 Å². The van der Waals surface area contributed by atoms with Crippen molar-refractivity contribution in [2.45, 2.75) is 34.2 Å². The number of aromatic nitrogens is 1. The summed E-state index contributed by atoms with van der Waals surface area (Å²) in [5.74, 6) is -0.529. The monoisotopic (exact) mass is 405 g/mol. The number of hydrogen-bond acceptors (Lipinski definition) is 3. The molecule has 25 heavy (non-hydrogen) atoms. The quantitative estimate of drug-likeness (QED) is 0.729. The first-order valence-electron chi connectivity index (χ1n) is 7.74. The first-order chi connectivity index (χ1) is 11.7. The van der Waals surface area contributed by atoms with Crippen molar-refractivity contribution in [2.24, 2.45) is 0 Å². The lowest BCUT2D eigenvalue weighted by Crippen LogP contribution is -2.28. The Kier molecular flexibility index (Phi) is 5.79. The molecule has 0 bridgehead atoms. The number of rotatable bonds is 4. The highest BCUT2D eigenvalue weighted by Gasteiger charge is 2.15. The summed E-state index contributed by atoms with van der Waals surface area (Å²) in [7, 11) is 0. The summed E-state index contributed by atoms with van der Waals surface area (Å²) in [6.07, 6.45) is 0. The third-order valence-corrected chi connectivity index (χ3v) is 4.31. The van der Waals surface area contributed by atoms with Gasteiger partial charge in [0, 0.05) is 40.4 Å². The van der Waals surface area contributed by atoms with Crippen molar-refractivity contribution in [1.29, 1.82) is 0 Å². The van der Waals surface area contributed by atoms with E-state index in [4.69, 9.17) is 0 Å². The third kappa shape index (κ3) is 4.57. The molecule has 1 aromatic carbocycles. The van der Waals surface area contributed by atoms with Crippen molar-refractivity contribution < 1.29 is 9.59 Å². The number of halogens is 1. The van der Waals surface area contributed by atoms with E-state index in [0.717, 1.165) is 11.3 Å². The van der Waals surface area contributed by atoms with Gasteiger partial charge in [-0.1, -0.05) is 15.9 Å². The lowest BCUT2D eigenvalue weighted by molar-refractivity contribution is -0.114. The average Bonchev–Trinajstić information content (AvgIpc) is 2.48. The molecule has 1 heterocycles. The van der Waals surface area contributed by atoms with Gasteiger partial charge in [-0.05, 0) is 50.1 Å². The van der Waals surface area contributed by atoms with Crippen LogP contribution >= 0.6 is 15.9 Å². The maximum Gasteiger partial charge on any atom is 0.253 e. The summed E-state index contributed by atoms with van der Waals surface area (Å²) in [5, 5.41) is 5.48. The lowest BCUT2D eigenvalue weighted by Gasteiger charge is -2.13. The Balaban J connectivity index is 2.26. The minimum atomic E-state index is -0.315. The largest absolute Gasteiger partial charge is 0.348 e. The molecule has 0 unspecified atom stereocenters. The standard InChI is InChI=1S/C18H20BrN3O3/c1-9-5-10(2)21-18(25)15(9)8-20-17(24)14-6-13(19)7-16(11(14)3)22-12(4)23/h5-7H,8H2,1-4H3,(H,20,24)(H,21,25)(H,22,23). The van der Waals surface area contributed by atoms with E-state index in [-0.39, 0.29) is 23.9 Å². The number of hydrogen-bond donors (Lipinski definition) is 3. The molecule has 0 saturated heterocycles. The Hall–Kier alpha value is -2.41. The van der Waals surface area contributed by atoms with Crippen LogP contribution in [0.25, 0.3) is 0 Å². The Morgan fingerprint density at radius 3 is 2.44 bits per heavy atom. The van der Waals surface area contributed by atoms with Crippen LogP contribution < -0.4 is 16.2 Å². The van der Waals surface area contributed by atoms with Crippen molar-refractivity contribution in [2.75, 3.05) is 5.32 Å². The van der Waals surface area contributed by atoms with Crippen LogP contribution in [-0.4, -0.2) is 16.8 Å². The maximum atomic E-state index is 12.6. The fraction of sp³-hybridized carbons (Fsp3) is 0.278. The highest BCUT2D eigenvalue weighted by molar-refractivity contribution is 9.10. The van der Waals surface area contributed by atoms with E-state index in [1.165, 1.54) is 6.92 Å². The third-order valence-electron chi connectivity index (χ3n) is 3.85. The predicted molar refractivity (Wildman–Crippen MR) is 101 cm³/mol. The second-order valence-electron chi connectivity index (χ2n) is 5.93. The summed E-state index contributed by atoms with van der Waals surface area (Å²) >= 11 is 3.35. The topological polar surface area (TPSA) is 91.1 Å². The summed E-state index contributed by atoms with van der Waals surface area (Å²) in [5.41, 5.74) is 3.57. The molecule has 0 saturated carbocycles. The molecule has 0 radical (unpaired) electrons. The van der Waals surface area contributed by atoms with Crippen LogP contribution in [0, 0.1) is 20.8 Å². The summed E-state index contributed by atoms with van der Waals surface area (Å²) < 4.78 is 0.677. The normalized spacial score (nSPS) is 10.4. The number of pyridine rings is 1. The van der Waals surface area contributed by atoms with Gasteiger partial charge in [0.1, 0.15) is 0 Å². The van der Waals surface area contributed by atoms with Crippen molar-refractivity contribution in [3.05, 3.63) is 61.0 Å². The van der Waals surface area contributed by atoms with E-state index < -0.39 is 0 Å². The molecule has 2 aromatic rings. The van der Waals surface area contributed by atoms with E-state index in [9.17, 15) is 14.4 Å². The first-order valence-corrected chi connectivity index (χ1v) is 8.53. The zero-order valence-corrected chi connectivity index (χ0v) is 16.1. The minimum absolute atomic E-state index is 0.127. The van der Waals surface area contributed by atoms with E-state index in [0.29, 0.717) is 26.9 Å². The highest BCUT2D eigenvalue weighted by atomic mass is 79.9. The Morgan fingerprint density at radius 1 is 1.16 bits per heavy atom. The van der Waals surface area contributed by atoms with Gasteiger partial charge in [0.05, 0.1) is 0 Å². The smallest absolute Gasteiger partial charge is 0.253 e. The molecule has 132 valence electrons. The molecule has 0 aliphatic heterocycles. The summed E-state index contributed by atoms with van der Waals surface area (Å²) in [4.78, 5) is 38.6. The van der Waals surface area contributed by atoms with E-state index in [1.54, 1.807) is 19.1 Å². The number of carbonyl (C=O) groups is 2. The Morgan fingerprint density at radius 2 is 1.84 bits per heavy atom. The molecule has 0 atom stereocenters. The molecule has 0 aliphatic rings. The second-order valence-corrected chi connectivity index (χ2v) is 6.85. The van der Waals surface area contributed by atoms with E-state index in [2.05, 4.69) is 31.5 Å². The van der Waals surface area contributed by atoms with Gasteiger partial charge in [0.15, 0.2) is 0 Å². The summed E-state index contributed by atoms with van der Waals surface area (Å²) in [6.45, 7) is 6.94. The van der Waals surface area contributed by atoms with Crippen molar-refractivity contribution >= 4 is 33.4 Å². The summed E-state index contributed by atoms with van der Waals surface area (Å²) in [6, 6.07) is 5.28. The van der Waals surface area contributed by atoms with Crippen LogP contribution in [-0.2, 0) is 11.3 Å².